The molecule has 1 spiro atoms. The molecule has 2 fully saturated rings. The van der Waals surface area contributed by atoms with Gasteiger partial charge in [0.05, 0.1) is 24.7 Å². The zero-order valence-corrected chi connectivity index (χ0v) is 19.5. The van der Waals surface area contributed by atoms with E-state index < -0.39 is 40.0 Å². The number of para-hydroxylation sites is 1. The van der Waals surface area contributed by atoms with Gasteiger partial charge in [-0.25, -0.2) is 13.2 Å². The summed E-state index contributed by atoms with van der Waals surface area (Å²) in [6.07, 6.45) is 0.256. The van der Waals surface area contributed by atoms with Gasteiger partial charge in [-0.15, -0.1) is 0 Å². The van der Waals surface area contributed by atoms with Crippen molar-refractivity contribution in [2.75, 3.05) is 44.8 Å². The highest BCUT2D eigenvalue weighted by atomic mass is 32.2. The highest BCUT2D eigenvalue weighted by Gasteiger charge is 2.55. The van der Waals surface area contributed by atoms with Gasteiger partial charge in [0.25, 0.3) is 5.91 Å². The molecule has 2 N–H and O–H groups in total. The summed E-state index contributed by atoms with van der Waals surface area (Å²) in [6, 6.07) is 12.1. The first-order valence-electron chi connectivity index (χ1n) is 11.2. The number of nitrogens with zero attached hydrogens (tertiary/aromatic N) is 2. The van der Waals surface area contributed by atoms with Crippen LogP contribution in [0, 0.1) is 0 Å². The van der Waals surface area contributed by atoms with E-state index in [0.717, 1.165) is 4.90 Å². The average molecular weight is 501 g/mol. The largest absolute Gasteiger partial charge is 0.493 e. The molecule has 4 amide bonds. The van der Waals surface area contributed by atoms with Crippen LogP contribution in [0.15, 0.2) is 53.4 Å². The summed E-state index contributed by atoms with van der Waals surface area (Å²) in [7, 11) is -3.66. The minimum Gasteiger partial charge on any atom is -0.493 e. The van der Waals surface area contributed by atoms with Crippen molar-refractivity contribution in [1.29, 1.82) is 0 Å². The molecule has 3 aliphatic heterocycles. The van der Waals surface area contributed by atoms with Gasteiger partial charge in [0.1, 0.15) is 12.3 Å². The lowest BCUT2D eigenvalue weighted by atomic mass is 9.84. The number of imide groups is 1. The van der Waals surface area contributed by atoms with Gasteiger partial charge in [0.2, 0.25) is 15.9 Å². The van der Waals surface area contributed by atoms with Crippen molar-refractivity contribution in [3.63, 3.8) is 0 Å². The Bertz CT molecular complexity index is 1280. The summed E-state index contributed by atoms with van der Waals surface area (Å²) < 4.78 is 37.6. The maximum atomic E-state index is 13.3. The second-order valence-corrected chi connectivity index (χ2v) is 10.3. The van der Waals surface area contributed by atoms with Gasteiger partial charge < -0.3 is 20.1 Å². The maximum absolute atomic E-state index is 13.3. The van der Waals surface area contributed by atoms with Crippen LogP contribution in [0.1, 0.15) is 12.0 Å². The molecule has 5 rings (SSSR count). The first-order valence-corrected chi connectivity index (χ1v) is 12.6. The number of hydrogen-bond donors (Lipinski definition) is 2. The fraction of sp³-hybridized carbons (Fsp3) is 0.348. The molecule has 2 aromatic rings. The molecule has 184 valence electrons. The zero-order valence-electron chi connectivity index (χ0n) is 18.7. The summed E-state index contributed by atoms with van der Waals surface area (Å²) in [5.41, 5.74) is -0.361. The number of nitrogens with one attached hydrogen (secondary N) is 2. The molecule has 3 aliphatic rings. The molecule has 1 unspecified atom stereocenters. The molecule has 0 bridgehead atoms. The first-order chi connectivity index (χ1) is 16.8. The lowest BCUT2D eigenvalue weighted by Gasteiger charge is -2.33. The highest BCUT2D eigenvalue weighted by molar-refractivity contribution is 7.89. The topological polar surface area (TPSA) is 134 Å². The molecule has 1 atom stereocenters. The number of amides is 4. The number of carbonyl (C=O) groups excluding carboxylic acids is 3. The number of fused-ring (bicyclic) bond motifs is 2. The van der Waals surface area contributed by atoms with Crippen LogP contribution in [0.5, 0.6) is 5.75 Å². The minimum absolute atomic E-state index is 0.103. The van der Waals surface area contributed by atoms with Crippen molar-refractivity contribution in [1.82, 2.24) is 14.5 Å². The van der Waals surface area contributed by atoms with Crippen LogP contribution >= 0.6 is 0 Å². The van der Waals surface area contributed by atoms with Crippen LogP contribution < -0.4 is 15.4 Å². The van der Waals surface area contributed by atoms with E-state index in [9.17, 15) is 22.8 Å². The van der Waals surface area contributed by atoms with Crippen molar-refractivity contribution < 1.29 is 32.3 Å². The third-order valence-electron chi connectivity index (χ3n) is 6.30. The predicted octanol–water partition coefficient (Wildman–Crippen LogP) is 0.876. The van der Waals surface area contributed by atoms with Crippen LogP contribution in [-0.2, 0) is 29.9 Å². The van der Waals surface area contributed by atoms with Crippen molar-refractivity contribution in [2.45, 2.75) is 16.9 Å². The average Bonchev–Trinajstić information content (AvgIpc) is 3.09. The SMILES string of the molecule is O=C(CN1C(=O)NC2(CCOc3ccccc32)C1=O)Nc1ccc(S(=O)(=O)N2CCOCC2)cc1. The fourth-order valence-corrected chi connectivity index (χ4v) is 5.91. The van der Waals surface area contributed by atoms with Gasteiger partial charge in [-0.05, 0) is 30.3 Å². The maximum Gasteiger partial charge on any atom is 0.325 e. The van der Waals surface area contributed by atoms with E-state index in [2.05, 4.69) is 10.6 Å². The quantitative estimate of drug-likeness (QED) is 0.582. The fourth-order valence-electron chi connectivity index (χ4n) is 4.51. The smallest absolute Gasteiger partial charge is 0.325 e. The van der Waals surface area contributed by atoms with Crippen molar-refractivity contribution in [2.24, 2.45) is 0 Å². The number of rotatable bonds is 5. The number of ether oxygens (including phenoxy) is 2. The summed E-state index contributed by atoms with van der Waals surface area (Å²) in [6.45, 7) is 1.02. The molecule has 3 heterocycles. The molecular formula is C23H24N4O7S. The predicted molar refractivity (Wildman–Crippen MR) is 123 cm³/mol. The Labute approximate surface area is 202 Å². The third kappa shape index (κ3) is 4.13. The van der Waals surface area contributed by atoms with E-state index in [1.165, 1.54) is 28.6 Å². The van der Waals surface area contributed by atoms with Crippen molar-refractivity contribution in [3.05, 3.63) is 54.1 Å². The molecule has 0 radical (unpaired) electrons. The molecule has 35 heavy (non-hydrogen) atoms. The Morgan fingerprint density at radius 3 is 2.49 bits per heavy atom. The third-order valence-corrected chi connectivity index (χ3v) is 8.22. The van der Waals surface area contributed by atoms with E-state index in [1.807, 2.05) is 0 Å². The molecule has 12 heteroatoms. The van der Waals surface area contributed by atoms with Gasteiger partial charge >= 0.3 is 6.03 Å². The highest BCUT2D eigenvalue weighted by Crippen LogP contribution is 2.40. The zero-order chi connectivity index (χ0) is 24.6. The molecular weight excluding hydrogens is 476 g/mol. The van der Waals surface area contributed by atoms with Crippen LogP contribution in [0.25, 0.3) is 0 Å². The molecule has 2 saturated heterocycles. The monoisotopic (exact) mass is 500 g/mol. The Balaban J connectivity index is 1.26. The number of sulfonamides is 1. The number of morpholine rings is 1. The number of anilines is 1. The standard InChI is InChI=1S/C23H24N4O7S/c28-20(24-16-5-7-17(8-6-16)35(31,32)26-10-13-33-14-11-26)15-27-21(29)23(25-22(27)30)9-12-34-19-4-2-1-3-18(19)23/h1-8H,9-15H2,(H,24,28)(H,25,30). The normalized spacial score (nSPS) is 22.5. The van der Waals surface area contributed by atoms with E-state index in [4.69, 9.17) is 9.47 Å². The Hall–Kier alpha value is -3.48. The molecule has 0 aromatic heterocycles. The van der Waals surface area contributed by atoms with Gasteiger partial charge in [0.15, 0.2) is 5.54 Å². The van der Waals surface area contributed by atoms with Crippen LogP contribution in [0.3, 0.4) is 0 Å². The first kappa shape index (κ1) is 23.3. The van der Waals surface area contributed by atoms with Crippen molar-refractivity contribution >= 4 is 33.6 Å². The van der Waals surface area contributed by atoms with Gasteiger partial charge in [-0.1, -0.05) is 18.2 Å². The summed E-state index contributed by atoms with van der Waals surface area (Å²) in [4.78, 5) is 39.6. The molecule has 2 aromatic carbocycles. The van der Waals surface area contributed by atoms with E-state index in [1.54, 1.807) is 24.3 Å². The molecule has 11 nitrogen and oxygen atoms in total. The van der Waals surface area contributed by atoms with Crippen LogP contribution in [-0.4, -0.2) is 74.9 Å². The minimum atomic E-state index is -3.66. The number of urea groups is 1. The Kier molecular flexibility index (Phi) is 5.95. The summed E-state index contributed by atoms with van der Waals surface area (Å²) >= 11 is 0. The van der Waals surface area contributed by atoms with Crippen LogP contribution in [0.4, 0.5) is 10.5 Å². The molecule has 0 aliphatic carbocycles. The number of benzene rings is 2. The Morgan fingerprint density at radius 2 is 1.74 bits per heavy atom. The lowest BCUT2D eigenvalue weighted by molar-refractivity contribution is -0.135. The molecule has 0 saturated carbocycles. The van der Waals surface area contributed by atoms with E-state index >= 15 is 0 Å². The lowest BCUT2D eigenvalue weighted by Crippen LogP contribution is -2.48. The second-order valence-electron chi connectivity index (χ2n) is 8.41. The van der Waals surface area contributed by atoms with Crippen LogP contribution in [0.2, 0.25) is 0 Å². The van der Waals surface area contributed by atoms with Crippen molar-refractivity contribution in [3.8, 4) is 5.75 Å². The van der Waals surface area contributed by atoms with E-state index in [0.29, 0.717) is 30.2 Å². The second kappa shape index (κ2) is 8.95. The summed E-state index contributed by atoms with van der Waals surface area (Å²) in [5, 5.41) is 5.36. The summed E-state index contributed by atoms with van der Waals surface area (Å²) in [5.74, 6) is -0.583. The number of hydrogen-bond acceptors (Lipinski definition) is 7. The van der Waals surface area contributed by atoms with Gasteiger partial charge in [-0.2, -0.15) is 4.31 Å². The van der Waals surface area contributed by atoms with Gasteiger partial charge in [-0.3, -0.25) is 14.5 Å². The number of carbonyl (C=O) groups is 3. The Morgan fingerprint density at radius 1 is 1.03 bits per heavy atom. The van der Waals surface area contributed by atoms with E-state index in [-0.39, 0.29) is 31.0 Å². The van der Waals surface area contributed by atoms with Gasteiger partial charge in [0, 0.05) is 30.8 Å².